The molecule has 2 amide bonds. The van der Waals surface area contributed by atoms with Gasteiger partial charge in [0.15, 0.2) is 5.65 Å². The molecule has 0 spiro atoms. The number of thiazole rings is 1. The topological polar surface area (TPSA) is 84.2 Å². The number of nitrogens with one attached hydrogen (secondary N) is 2. The van der Waals surface area contributed by atoms with Gasteiger partial charge in [-0.05, 0) is 39.3 Å². The maximum atomic E-state index is 12.4. The largest absolute Gasteiger partial charge is 0.329 e. The first-order chi connectivity index (χ1) is 11.5. The summed E-state index contributed by atoms with van der Waals surface area (Å²) in [5, 5.41) is 11.0. The van der Waals surface area contributed by atoms with Crippen LogP contribution in [-0.4, -0.2) is 25.6 Å². The highest BCUT2D eigenvalue weighted by molar-refractivity contribution is 7.11. The Hall–Kier alpha value is -2.48. The highest BCUT2D eigenvalue weighted by Gasteiger charge is 2.18. The number of hydrogen-bond donors (Lipinski definition) is 2. The summed E-state index contributed by atoms with van der Waals surface area (Å²) >= 11 is 1.62. The van der Waals surface area contributed by atoms with Gasteiger partial charge in [0.1, 0.15) is 10.8 Å². The van der Waals surface area contributed by atoms with Crippen LogP contribution in [0.5, 0.6) is 0 Å². The Kier molecular flexibility index (Phi) is 4.48. The second-order valence-electron chi connectivity index (χ2n) is 5.60. The third kappa shape index (κ3) is 3.23. The van der Waals surface area contributed by atoms with Gasteiger partial charge < -0.3 is 10.6 Å². The fourth-order valence-corrected chi connectivity index (χ4v) is 3.47. The van der Waals surface area contributed by atoms with Gasteiger partial charge in [0, 0.05) is 11.1 Å². The average molecular weight is 344 g/mol. The Morgan fingerprint density at radius 1 is 1.33 bits per heavy atom. The Morgan fingerprint density at radius 3 is 2.79 bits per heavy atom. The van der Waals surface area contributed by atoms with Gasteiger partial charge in [0.2, 0.25) is 0 Å². The Balaban J connectivity index is 1.76. The smallest absolute Gasteiger partial charge is 0.319 e. The SMILES string of the molecule is CC[C@H](NC(=O)Nc1cccn2nc(C)nc12)c1nc(C)c(C)s1. The summed E-state index contributed by atoms with van der Waals surface area (Å²) in [7, 11) is 0. The molecule has 3 rings (SSSR count). The summed E-state index contributed by atoms with van der Waals surface area (Å²) in [5.74, 6) is 0.657. The zero-order valence-corrected chi connectivity index (χ0v) is 14.9. The molecule has 0 aliphatic rings. The van der Waals surface area contributed by atoms with E-state index in [9.17, 15) is 4.79 Å². The Morgan fingerprint density at radius 2 is 2.12 bits per heavy atom. The molecule has 24 heavy (non-hydrogen) atoms. The van der Waals surface area contributed by atoms with Crippen molar-refractivity contribution in [2.75, 3.05) is 5.32 Å². The van der Waals surface area contributed by atoms with Crippen molar-refractivity contribution in [3.63, 3.8) is 0 Å². The standard InChI is InChI=1S/C16H20N6OS/c1-5-12(15-17-9(2)10(3)24-15)19-16(23)20-13-7-6-8-22-14(13)18-11(4)21-22/h6-8,12H,5H2,1-4H3,(H2,19,20,23)/t12-/m0/s1. The number of nitrogens with zero attached hydrogens (tertiary/aromatic N) is 4. The zero-order valence-electron chi connectivity index (χ0n) is 14.1. The van der Waals surface area contributed by atoms with E-state index in [1.807, 2.05) is 39.8 Å². The lowest BCUT2D eigenvalue weighted by Gasteiger charge is -2.15. The summed E-state index contributed by atoms with van der Waals surface area (Å²) in [6, 6.07) is 3.24. The average Bonchev–Trinajstić information content (AvgIpc) is 3.07. The molecule has 0 unspecified atom stereocenters. The fraction of sp³-hybridized carbons (Fsp3) is 0.375. The first-order valence-electron chi connectivity index (χ1n) is 7.81. The molecule has 7 nitrogen and oxygen atoms in total. The van der Waals surface area contributed by atoms with Crippen molar-refractivity contribution < 1.29 is 4.79 Å². The van der Waals surface area contributed by atoms with E-state index in [0.717, 1.165) is 17.1 Å². The van der Waals surface area contributed by atoms with Crippen molar-refractivity contribution in [1.82, 2.24) is 24.9 Å². The predicted octanol–water partition coefficient (Wildman–Crippen LogP) is 3.38. The van der Waals surface area contributed by atoms with E-state index in [2.05, 4.69) is 25.7 Å². The van der Waals surface area contributed by atoms with Crippen molar-refractivity contribution in [1.29, 1.82) is 0 Å². The van der Waals surface area contributed by atoms with E-state index in [1.54, 1.807) is 22.0 Å². The van der Waals surface area contributed by atoms with Crippen molar-refractivity contribution in [3.8, 4) is 0 Å². The van der Waals surface area contributed by atoms with Crippen molar-refractivity contribution in [3.05, 3.63) is 39.7 Å². The van der Waals surface area contributed by atoms with Crippen LogP contribution in [0.3, 0.4) is 0 Å². The predicted molar refractivity (Wildman–Crippen MR) is 94.5 cm³/mol. The number of amides is 2. The van der Waals surface area contributed by atoms with Crippen LogP contribution in [0.2, 0.25) is 0 Å². The van der Waals surface area contributed by atoms with Gasteiger partial charge in [-0.2, -0.15) is 5.10 Å². The molecular weight excluding hydrogens is 324 g/mol. The number of carbonyl (C=O) groups is 1. The van der Waals surface area contributed by atoms with Gasteiger partial charge in [0.05, 0.1) is 17.4 Å². The molecule has 8 heteroatoms. The third-order valence-corrected chi connectivity index (χ3v) is 4.96. The highest BCUT2D eigenvalue weighted by Crippen LogP contribution is 2.25. The van der Waals surface area contributed by atoms with E-state index in [1.165, 1.54) is 4.88 Å². The number of carbonyl (C=O) groups excluding carboxylic acids is 1. The number of aryl methyl sites for hydroxylation is 3. The molecule has 0 aromatic carbocycles. The molecule has 0 aliphatic carbocycles. The quantitative estimate of drug-likeness (QED) is 0.760. The number of aromatic nitrogens is 4. The van der Waals surface area contributed by atoms with Crippen molar-refractivity contribution in [2.45, 2.75) is 40.2 Å². The van der Waals surface area contributed by atoms with Gasteiger partial charge >= 0.3 is 6.03 Å². The van der Waals surface area contributed by atoms with Crippen LogP contribution in [0, 0.1) is 20.8 Å². The lowest BCUT2D eigenvalue weighted by atomic mass is 10.2. The summed E-state index contributed by atoms with van der Waals surface area (Å²) in [6.45, 7) is 7.87. The van der Waals surface area contributed by atoms with Gasteiger partial charge in [-0.3, -0.25) is 0 Å². The summed E-state index contributed by atoms with van der Waals surface area (Å²) in [4.78, 5) is 22.5. The number of urea groups is 1. The minimum Gasteiger partial charge on any atom is -0.329 e. The third-order valence-electron chi connectivity index (χ3n) is 3.77. The first-order valence-corrected chi connectivity index (χ1v) is 8.63. The number of hydrogen-bond acceptors (Lipinski definition) is 5. The van der Waals surface area contributed by atoms with Crippen molar-refractivity contribution >= 4 is 28.7 Å². The lowest BCUT2D eigenvalue weighted by Crippen LogP contribution is -2.32. The summed E-state index contributed by atoms with van der Waals surface area (Å²) in [5.41, 5.74) is 2.26. The van der Waals surface area contributed by atoms with E-state index >= 15 is 0 Å². The Labute approximate surface area is 144 Å². The maximum absolute atomic E-state index is 12.4. The first kappa shape index (κ1) is 16.4. The molecule has 0 radical (unpaired) electrons. The number of fused-ring (bicyclic) bond motifs is 1. The molecular formula is C16H20N6OS. The van der Waals surface area contributed by atoms with Crippen molar-refractivity contribution in [2.24, 2.45) is 0 Å². The van der Waals surface area contributed by atoms with Crippen LogP contribution in [0.25, 0.3) is 5.65 Å². The monoisotopic (exact) mass is 344 g/mol. The molecule has 3 aromatic rings. The molecule has 1 atom stereocenters. The van der Waals surface area contributed by atoms with Gasteiger partial charge in [0.25, 0.3) is 0 Å². The van der Waals surface area contributed by atoms with Crippen LogP contribution in [-0.2, 0) is 0 Å². The molecule has 0 saturated heterocycles. The maximum Gasteiger partial charge on any atom is 0.319 e. The van der Waals surface area contributed by atoms with Crippen LogP contribution >= 0.6 is 11.3 Å². The number of rotatable bonds is 4. The number of pyridine rings is 1. The molecule has 0 fully saturated rings. The highest BCUT2D eigenvalue weighted by atomic mass is 32.1. The molecule has 3 heterocycles. The number of anilines is 1. The van der Waals surface area contributed by atoms with Gasteiger partial charge in [-0.15, -0.1) is 11.3 Å². The van der Waals surface area contributed by atoms with Crippen LogP contribution in [0.1, 0.15) is 40.8 Å². The minimum absolute atomic E-state index is 0.110. The van der Waals surface area contributed by atoms with Gasteiger partial charge in [-0.1, -0.05) is 6.92 Å². The van der Waals surface area contributed by atoms with Crippen LogP contribution in [0.15, 0.2) is 18.3 Å². The molecule has 2 N–H and O–H groups in total. The van der Waals surface area contributed by atoms with E-state index in [-0.39, 0.29) is 12.1 Å². The van der Waals surface area contributed by atoms with Gasteiger partial charge in [-0.25, -0.2) is 19.3 Å². The Bertz CT molecular complexity index is 864. The van der Waals surface area contributed by atoms with E-state index in [4.69, 9.17) is 0 Å². The zero-order chi connectivity index (χ0) is 17.3. The van der Waals surface area contributed by atoms with E-state index < -0.39 is 0 Å². The second-order valence-corrected chi connectivity index (χ2v) is 6.84. The molecule has 126 valence electrons. The molecule has 3 aromatic heterocycles. The normalized spacial score (nSPS) is 12.3. The summed E-state index contributed by atoms with van der Waals surface area (Å²) < 4.78 is 1.65. The van der Waals surface area contributed by atoms with Crippen LogP contribution < -0.4 is 10.6 Å². The molecule has 0 saturated carbocycles. The van der Waals surface area contributed by atoms with Crippen LogP contribution in [0.4, 0.5) is 10.5 Å². The second kappa shape index (κ2) is 6.56. The lowest BCUT2D eigenvalue weighted by molar-refractivity contribution is 0.248. The summed E-state index contributed by atoms with van der Waals surface area (Å²) in [6.07, 6.45) is 2.57. The minimum atomic E-state index is -0.277. The fourth-order valence-electron chi connectivity index (χ4n) is 2.41. The molecule has 0 bridgehead atoms. The molecule has 0 aliphatic heterocycles. The van der Waals surface area contributed by atoms with E-state index in [0.29, 0.717) is 17.2 Å².